The molecule has 1 aromatic rings. The number of carbonyl (C=O) groups is 1. The van der Waals surface area contributed by atoms with Gasteiger partial charge in [-0.15, -0.1) is 0 Å². The maximum Gasteiger partial charge on any atom is 0.239 e. The number of hydrogen-bond donors (Lipinski definition) is 0. The van der Waals surface area contributed by atoms with Crippen LogP contribution < -0.4 is 4.74 Å². The first-order chi connectivity index (χ1) is 8.91. The second-order valence-electron chi connectivity index (χ2n) is 4.69. The van der Waals surface area contributed by atoms with Gasteiger partial charge in [-0.25, -0.2) is 4.39 Å². The Labute approximate surface area is 113 Å². The lowest BCUT2D eigenvalue weighted by Gasteiger charge is -2.26. The van der Waals surface area contributed by atoms with Crippen LogP contribution in [0.4, 0.5) is 4.39 Å². The van der Waals surface area contributed by atoms with Crippen molar-refractivity contribution in [3.05, 3.63) is 30.1 Å². The number of ether oxygens (including phenoxy) is 1. The summed E-state index contributed by atoms with van der Waals surface area (Å²) < 4.78 is 18.2. The maximum atomic E-state index is 12.7. The van der Waals surface area contributed by atoms with Crippen molar-refractivity contribution in [2.75, 3.05) is 34.3 Å². The molecule has 0 radical (unpaired) electrons. The van der Waals surface area contributed by atoms with E-state index in [9.17, 15) is 9.18 Å². The van der Waals surface area contributed by atoms with Gasteiger partial charge in [0.05, 0.1) is 6.04 Å². The van der Waals surface area contributed by atoms with E-state index in [0.29, 0.717) is 18.9 Å². The van der Waals surface area contributed by atoms with Crippen LogP contribution in [-0.4, -0.2) is 56.0 Å². The van der Waals surface area contributed by atoms with Crippen LogP contribution in [0.25, 0.3) is 0 Å². The first-order valence-corrected chi connectivity index (χ1v) is 6.21. The lowest BCUT2D eigenvalue weighted by atomic mass is 10.2. The SMILES string of the molecule is CC(C(=O)N(C)C)N(C)CCOc1ccc(F)cc1. The van der Waals surface area contributed by atoms with E-state index in [1.807, 2.05) is 18.9 Å². The second kappa shape index (κ2) is 7.09. The molecule has 1 atom stereocenters. The second-order valence-corrected chi connectivity index (χ2v) is 4.69. The van der Waals surface area contributed by atoms with Gasteiger partial charge in [0.25, 0.3) is 0 Å². The minimum atomic E-state index is -0.283. The highest BCUT2D eigenvalue weighted by atomic mass is 19.1. The maximum absolute atomic E-state index is 12.7. The molecular formula is C14H21FN2O2. The average molecular weight is 268 g/mol. The van der Waals surface area contributed by atoms with Gasteiger partial charge in [-0.3, -0.25) is 9.69 Å². The summed E-state index contributed by atoms with van der Waals surface area (Å²) in [5, 5.41) is 0. The lowest BCUT2D eigenvalue weighted by Crippen LogP contribution is -2.44. The first kappa shape index (κ1) is 15.4. The molecule has 0 aliphatic heterocycles. The van der Waals surface area contributed by atoms with Crippen LogP contribution in [0.1, 0.15) is 6.92 Å². The molecule has 0 saturated heterocycles. The van der Waals surface area contributed by atoms with E-state index in [-0.39, 0.29) is 17.8 Å². The van der Waals surface area contributed by atoms with Crippen molar-refractivity contribution in [1.29, 1.82) is 0 Å². The van der Waals surface area contributed by atoms with Crippen LogP contribution in [-0.2, 0) is 4.79 Å². The van der Waals surface area contributed by atoms with E-state index in [2.05, 4.69) is 0 Å². The van der Waals surface area contributed by atoms with Crippen molar-refractivity contribution in [3.8, 4) is 5.75 Å². The quantitative estimate of drug-likeness (QED) is 0.786. The molecule has 19 heavy (non-hydrogen) atoms. The lowest BCUT2D eigenvalue weighted by molar-refractivity contribution is -0.133. The molecule has 0 aliphatic rings. The third kappa shape index (κ3) is 4.87. The molecule has 0 spiro atoms. The van der Waals surface area contributed by atoms with Crippen LogP contribution in [0.5, 0.6) is 5.75 Å². The highest BCUT2D eigenvalue weighted by molar-refractivity contribution is 5.80. The molecule has 0 N–H and O–H groups in total. The Hall–Kier alpha value is -1.62. The van der Waals surface area contributed by atoms with Crippen LogP contribution in [0.15, 0.2) is 24.3 Å². The third-order valence-electron chi connectivity index (χ3n) is 2.99. The zero-order valence-corrected chi connectivity index (χ0v) is 11.9. The van der Waals surface area contributed by atoms with Gasteiger partial charge >= 0.3 is 0 Å². The molecule has 0 heterocycles. The van der Waals surface area contributed by atoms with Crippen LogP contribution in [0.2, 0.25) is 0 Å². The van der Waals surface area contributed by atoms with Gasteiger partial charge in [0.15, 0.2) is 0 Å². The van der Waals surface area contributed by atoms with Gasteiger partial charge in [0.2, 0.25) is 5.91 Å². The number of likely N-dealkylation sites (N-methyl/N-ethyl adjacent to an activating group) is 2. The Morgan fingerprint density at radius 3 is 2.37 bits per heavy atom. The Morgan fingerprint density at radius 1 is 1.26 bits per heavy atom. The minimum Gasteiger partial charge on any atom is -0.492 e. The molecule has 5 heteroatoms. The summed E-state index contributed by atoms with van der Waals surface area (Å²) in [6, 6.07) is 5.70. The van der Waals surface area contributed by atoms with E-state index in [1.165, 1.54) is 12.1 Å². The predicted molar refractivity (Wildman–Crippen MR) is 72.7 cm³/mol. The smallest absolute Gasteiger partial charge is 0.239 e. The fraction of sp³-hybridized carbons (Fsp3) is 0.500. The normalized spacial score (nSPS) is 12.3. The summed E-state index contributed by atoms with van der Waals surface area (Å²) in [6.07, 6.45) is 0. The van der Waals surface area contributed by atoms with Crippen molar-refractivity contribution >= 4 is 5.91 Å². The molecule has 0 aliphatic carbocycles. The van der Waals surface area contributed by atoms with E-state index in [4.69, 9.17) is 4.74 Å². The Balaban J connectivity index is 2.36. The summed E-state index contributed by atoms with van der Waals surface area (Å²) in [7, 11) is 5.35. The highest BCUT2D eigenvalue weighted by Crippen LogP contribution is 2.11. The number of nitrogens with zero attached hydrogens (tertiary/aromatic N) is 2. The van der Waals surface area contributed by atoms with Crippen molar-refractivity contribution in [3.63, 3.8) is 0 Å². The van der Waals surface area contributed by atoms with Crippen molar-refractivity contribution in [2.45, 2.75) is 13.0 Å². The molecule has 0 aromatic heterocycles. The largest absolute Gasteiger partial charge is 0.492 e. The van der Waals surface area contributed by atoms with Crippen LogP contribution in [0.3, 0.4) is 0 Å². The zero-order chi connectivity index (χ0) is 14.4. The summed E-state index contributed by atoms with van der Waals surface area (Å²) in [4.78, 5) is 15.3. The molecule has 1 aromatic carbocycles. The van der Waals surface area contributed by atoms with Crippen LogP contribution >= 0.6 is 0 Å². The van der Waals surface area contributed by atoms with E-state index in [1.54, 1.807) is 31.1 Å². The Morgan fingerprint density at radius 2 is 1.84 bits per heavy atom. The van der Waals surface area contributed by atoms with Crippen molar-refractivity contribution in [1.82, 2.24) is 9.80 Å². The zero-order valence-electron chi connectivity index (χ0n) is 11.9. The number of hydrogen-bond acceptors (Lipinski definition) is 3. The number of rotatable bonds is 6. The minimum absolute atomic E-state index is 0.0595. The molecular weight excluding hydrogens is 247 g/mol. The number of halogens is 1. The van der Waals surface area contributed by atoms with Gasteiger partial charge in [0, 0.05) is 20.6 Å². The number of carbonyl (C=O) groups excluding carboxylic acids is 1. The van der Waals surface area contributed by atoms with Crippen LogP contribution in [0, 0.1) is 5.82 Å². The fourth-order valence-electron chi connectivity index (χ4n) is 1.59. The van der Waals surface area contributed by atoms with Gasteiger partial charge in [-0.1, -0.05) is 0 Å². The average Bonchev–Trinajstić information content (AvgIpc) is 2.39. The summed E-state index contributed by atoms with van der Waals surface area (Å²) in [5.74, 6) is 0.403. The monoisotopic (exact) mass is 268 g/mol. The van der Waals surface area contributed by atoms with Crippen molar-refractivity contribution < 1.29 is 13.9 Å². The van der Waals surface area contributed by atoms with Gasteiger partial charge in [0.1, 0.15) is 18.2 Å². The summed E-state index contributed by atoms with van der Waals surface area (Å²) >= 11 is 0. The highest BCUT2D eigenvalue weighted by Gasteiger charge is 2.19. The first-order valence-electron chi connectivity index (χ1n) is 6.21. The predicted octanol–water partition coefficient (Wildman–Crippen LogP) is 1.61. The molecule has 1 amide bonds. The van der Waals surface area contributed by atoms with E-state index < -0.39 is 0 Å². The molecule has 1 rings (SSSR count). The Kier molecular flexibility index (Phi) is 5.76. The number of amides is 1. The molecule has 0 saturated carbocycles. The third-order valence-corrected chi connectivity index (χ3v) is 2.99. The molecule has 106 valence electrons. The van der Waals surface area contributed by atoms with E-state index >= 15 is 0 Å². The molecule has 4 nitrogen and oxygen atoms in total. The van der Waals surface area contributed by atoms with E-state index in [0.717, 1.165) is 0 Å². The summed E-state index contributed by atoms with van der Waals surface area (Å²) in [6.45, 7) is 2.94. The topological polar surface area (TPSA) is 32.8 Å². The Bertz CT molecular complexity index is 406. The van der Waals surface area contributed by atoms with Gasteiger partial charge in [-0.05, 0) is 38.2 Å². The molecule has 0 bridgehead atoms. The standard InChI is InChI=1S/C14H21FN2O2/c1-11(14(18)16(2)3)17(4)9-10-19-13-7-5-12(15)6-8-13/h5-8,11H,9-10H2,1-4H3. The fourth-order valence-corrected chi connectivity index (χ4v) is 1.59. The number of benzene rings is 1. The van der Waals surface area contributed by atoms with Crippen molar-refractivity contribution in [2.24, 2.45) is 0 Å². The van der Waals surface area contributed by atoms with Gasteiger partial charge < -0.3 is 9.64 Å². The molecule has 0 fully saturated rings. The van der Waals surface area contributed by atoms with Gasteiger partial charge in [-0.2, -0.15) is 0 Å². The molecule has 1 unspecified atom stereocenters. The summed E-state index contributed by atoms with van der Waals surface area (Å²) in [5.41, 5.74) is 0.